The van der Waals surface area contributed by atoms with Gasteiger partial charge in [-0.3, -0.25) is 14.4 Å². The quantitative estimate of drug-likeness (QED) is 0.763. The summed E-state index contributed by atoms with van der Waals surface area (Å²) in [6.07, 6.45) is 4.36. The van der Waals surface area contributed by atoms with Crippen LogP contribution in [0.15, 0.2) is 47.1 Å². The maximum atomic E-state index is 12.5. The molecule has 0 radical (unpaired) electrons. The van der Waals surface area contributed by atoms with Crippen molar-refractivity contribution < 1.29 is 18.8 Å². The van der Waals surface area contributed by atoms with Crippen molar-refractivity contribution in [3.8, 4) is 0 Å². The lowest BCUT2D eigenvalue weighted by Crippen LogP contribution is -2.35. The Balaban J connectivity index is 1.44. The molecule has 1 aromatic heterocycles. The number of ketones is 1. The zero-order valence-electron chi connectivity index (χ0n) is 15.4. The first-order chi connectivity index (χ1) is 13.0. The van der Waals surface area contributed by atoms with Crippen LogP contribution in [0, 0.1) is 11.8 Å². The molecule has 6 nitrogen and oxygen atoms in total. The molecule has 27 heavy (non-hydrogen) atoms. The van der Waals surface area contributed by atoms with Gasteiger partial charge in [-0.1, -0.05) is 0 Å². The lowest BCUT2D eigenvalue weighted by Gasteiger charge is -2.27. The lowest BCUT2D eigenvalue weighted by atomic mass is 9.81. The summed E-state index contributed by atoms with van der Waals surface area (Å²) in [6.45, 7) is 1.90. The summed E-state index contributed by atoms with van der Waals surface area (Å²) < 4.78 is 5.21. The molecule has 1 aliphatic carbocycles. The Labute approximate surface area is 158 Å². The Kier molecular flexibility index (Phi) is 6.06. The van der Waals surface area contributed by atoms with E-state index >= 15 is 0 Å². The first-order valence-corrected chi connectivity index (χ1v) is 9.25. The van der Waals surface area contributed by atoms with Gasteiger partial charge in [-0.2, -0.15) is 0 Å². The second-order valence-electron chi connectivity index (χ2n) is 6.97. The van der Waals surface area contributed by atoms with Crippen LogP contribution in [0.25, 0.3) is 0 Å². The summed E-state index contributed by atoms with van der Waals surface area (Å²) in [5.74, 6) is 0.569. The third-order valence-electron chi connectivity index (χ3n) is 5.04. The molecule has 0 bridgehead atoms. The van der Waals surface area contributed by atoms with E-state index in [4.69, 9.17) is 4.42 Å². The highest BCUT2D eigenvalue weighted by Crippen LogP contribution is 2.30. The minimum absolute atomic E-state index is 0.00322. The van der Waals surface area contributed by atoms with Crippen molar-refractivity contribution >= 4 is 23.3 Å². The van der Waals surface area contributed by atoms with Crippen LogP contribution in [0.3, 0.4) is 0 Å². The predicted octanol–water partition coefficient (Wildman–Crippen LogP) is 3.54. The number of carbonyl (C=O) groups is 3. The van der Waals surface area contributed by atoms with E-state index in [1.165, 1.54) is 6.92 Å². The number of rotatable bonds is 6. The Morgan fingerprint density at radius 2 is 1.59 bits per heavy atom. The van der Waals surface area contributed by atoms with Crippen molar-refractivity contribution in [1.29, 1.82) is 0 Å². The Morgan fingerprint density at radius 3 is 2.15 bits per heavy atom. The minimum Gasteiger partial charge on any atom is -0.467 e. The van der Waals surface area contributed by atoms with Gasteiger partial charge in [-0.15, -0.1) is 0 Å². The van der Waals surface area contributed by atoms with Crippen LogP contribution < -0.4 is 10.6 Å². The molecule has 2 amide bonds. The summed E-state index contributed by atoms with van der Waals surface area (Å²) in [5.41, 5.74) is 1.30. The summed E-state index contributed by atoms with van der Waals surface area (Å²) in [5, 5.41) is 5.79. The Hall–Kier alpha value is -2.89. The molecule has 2 aromatic rings. The molecular formula is C21H24N2O4. The molecule has 142 valence electrons. The molecule has 0 atom stereocenters. The van der Waals surface area contributed by atoms with Crippen molar-refractivity contribution in [2.45, 2.75) is 39.2 Å². The van der Waals surface area contributed by atoms with Gasteiger partial charge >= 0.3 is 0 Å². The van der Waals surface area contributed by atoms with Crippen molar-refractivity contribution in [3.05, 3.63) is 54.0 Å². The van der Waals surface area contributed by atoms with Crippen LogP contribution in [0.2, 0.25) is 0 Å². The monoisotopic (exact) mass is 368 g/mol. The van der Waals surface area contributed by atoms with Gasteiger partial charge in [0.05, 0.1) is 12.8 Å². The van der Waals surface area contributed by atoms with Crippen LogP contribution in [0.1, 0.15) is 48.7 Å². The molecule has 6 heteroatoms. The second-order valence-corrected chi connectivity index (χ2v) is 6.97. The van der Waals surface area contributed by atoms with E-state index in [1.54, 1.807) is 36.6 Å². The van der Waals surface area contributed by atoms with Crippen LogP contribution in [0.4, 0.5) is 5.69 Å². The number of hydrogen-bond acceptors (Lipinski definition) is 4. The largest absolute Gasteiger partial charge is 0.467 e. The van der Waals surface area contributed by atoms with Crippen LogP contribution in [0.5, 0.6) is 0 Å². The van der Waals surface area contributed by atoms with Gasteiger partial charge in [0.2, 0.25) is 11.8 Å². The summed E-state index contributed by atoms with van der Waals surface area (Å²) in [4.78, 5) is 36.0. The fourth-order valence-corrected chi connectivity index (χ4v) is 3.38. The minimum atomic E-state index is -0.0911. The van der Waals surface area contributed by atoms with Gasteiger partial charge < -0.3 is 15.1 Å². The number of furan rings is 1. The number of benzene rings is 1. The first-order valence-electron chi connectivity index (χ1n) is 9.25. The number of carbonyl (C=O) groups excluding carboxylic acids is 3. The maximum absolute atomic E-state index is 12.5. The topological polar surface area (TPSA) is 88.4 Å². The van der Waals surface area contributed by atoms with E-state index in [9.17, 15) is 14.4 Å². The summed E-state index contributed by atoms with van der Waals surface area (Å²) in [6, 6.07) is 10.5. The zero-order chi connectivity index (χ0) is 19.2. The average molecular weight is 368 g/mol. The number of amides is 2. The number of anilines is 1. The van der Waals surface area contributed by atoms with Crippen LogP contribution in [-0.2, 0) is 16.1 Å². The summed E-state index contributed by atoms with van der Waals surface area (Å²) in [7, 11) is 0. The highest BCUT2D eigenvalue weighted by molar-refractivity contribution is 5.96. The normalized spacial score (nSPS) is 19.3. The molecule has 0 unspecified atom stereocenters. The average Bonchev–Trinajstić information content (AvgIpc) is 3.20. The van der Waals surface area contributed by atoms with E-state index in [1.807, 2.05) is 6.07 Å². The molecule has 1 fully saturated rings. The van der Waals surface area contributed by atoms with Gasteiger partial charge in [-0.05, 0) is 69.0 Å². The smallest absolute Gasteiger partial charge is 0.227 e. The highest BCUT2D eigenvalue weighted by atomic mass is 16.3. The molecule has 0 aliphatic heterocycles. The van der Waals surface area contributed by atoms with Crippen LogP contribution >= 0.6 is 0 Å². The molecule has 3 rings (SSSR count). The fraction of sp³-hybridized carbons (Fsp3) is 0.381. The summed E-state index contributed by atoms with van der Waals surface area (Å²) >= 11 is 0. The van der Waals surface area contributed by atoms with Crippen molar-refractivity contribution in [3.63, 3.8) is 0 Å². The van der Waals surface area contributed by atoms with Gasteiger partial charge in [0.25, 0.3) is 0 Å². The molecule has 0 saturated heterocycles. The molecule has 0 spiro atoms. The highest BCUT2D eigenvalue weighted by Gasteiger charge is 2.30. The lowest BCUT2D eigenvalue weighted by molar-refractivity contribution is -0.128. The fourth-order valence-electron chi connectivity index (χ4n) is 3.38. The maximum Gasteiger partial charge on any atom is 0.227 e. The van der Waals surface area contributed by atoms with Crippen molar-refractivity contribution in [2.75, 3.05) is 5.32 Å². The molecule has 1 aliphatic rings. The number of Topliss-reactive ketones (excluding diaryl/α,β-unsaturated/α-hetero) is 1. The standard InChI is InChI=1S/C21H24N2O4/c1-14(24)15-8-10-18(11-9-15)23-21(26)17-6-4-16(5-7-17)20(25)22-13-19-3-2-12-27-19/h2-3,8-12,16-17H,4-7,13H2,1H3,(H,22,25)(H,23,26). The number of hydrogen-bond donors (Lipinski definition) is 2. The van der Waals surface area contributed by atoms with Crippen LogP contribution in [-0.4, -0.2) is 17.6 Å². The SMILES string of the molecule is CC(=O)c1ccc(NC(=O)C2CCC(C(=O)NCc3ccco3)CC2)cc1. The van der Waals surface area contributed by atoms with E-state index in [-0.39, 0.29) is 29.4 Å². The van der Waals surface area contributed by atoms with Gasteiger partial charge in [0.15, 0.2) is 5.78 Å². The molecular weight excluding hydrogens is 344 g/mol. The van der Waals surface area contributed by atoms with E-state index < -0.39 is 0 Å². The molecule has 1 saturated carbocycles. The Bertz CT molecular complexity index is 788. The molecule has 2 N–H and O–H groups in total. The molecule has 1 aromatic carbocycles. The van der Waals surface area contributed by atoms with Crippen molar-refractivity contribution in [1.82, 2.24) is 5.32 Å². The van der Waals surface area contributed by atoms with E-state index in [2.05, 4.69) is 10.6 Å². The Morgan fingerprint density at radius 1 is 0.963 bits per heavy atom. The predicted molar refractivity (Wildman–Crippen MR) is 101 cm³/mol. The third kappa shape index (κ3) is 5.06. The van der Waals surface area contributed by atoms with Gasteiger partial charge in [0, 0.05) is 23.1 Å². The first kappa shape index (κ1) is 18.9. The zero-order valence-corrected chi connectivity index (χ0v) is 15.4. The molecule has 1 heterocycles. The third-order valence-corrected chi connectivity index (χ3v) is 5.04. The van der Waals surface area contributed by atoms with Gasteiger partial charge in [0.1, 0.15) is 5.76 Å². The second kappa shape index (κ2) is 8.66. The van der Waals surface area contributed by atoms with Gasteiger partial charge in [-0.25, -0.2) is 0 Å². The van der Waals surface area contributed by atoms with Crippen molar-refractivity contribution in [2.24, 2.45) is 11.8 Å². The van der Waals surface area contributed by atoms with E-state index in [0.29, 0.717) is 43.5 Å². The number of nitrogens with one attached hydrogen (secondary N) is 2. The van der Waals surface area contributed by atoms with E-state index in [0.717, 1.165) is 5.76 Å².